The predicted molar refractivity (Wildman–Crippen MR) is 117 cm³/mol. The third-order valence-corrected chi connectivity index (χ3v) is 6.43. The summed E-state index contributed by atoms with van der Waals surface area (Å²) in [5.74, 6) is 0.726. The summed E-state index contributed by atoms with van der Waals surface area (Å²) in [5.41, 5.74) is 2.58. The summed E-state index contributed by atoms with van der Waals surface area (Å²) >= 11 is 1.41. The van der Waals surface area contributed by atoms with E-state index >= 15 is 0 Å². The lowest BCUT2D eigenvalue weighted by molar-refractivity contribution is -0.116. The van der Waals surface area contributed by atoms with Crippen molar-refractivity contribution >= 4 is 28.5 Å². The SMILES string of the molecule is CCOC(=O)N1CCc2nc(NC(=O)C3c4ccccc4Oc4ccccc43)sc2C1. The van der Waals surface area contributed by atoms with Crippen molar-refractivity contribution in [1.82, 2.24) is 9.88 Å². The fourth-order valence-electron chi connectivity index (χ4n) is 3.99. The summed E-state index contributed by atoms with van der Waals surface area (Å²) in [6, 6.07) is 15.2. The number of hydrogen-bond acceptors (Lipinski definition) is 6. The molecule has 2 aliphatic rings. The zero-order valence-corrected chi connectivity index (χ0v) is 17.8. The lowest BCUT2D eigenvalue weighted by atomic mass is 9.87. The molecule has 0 fully saturated rings. The number of amides is 2. The number of hydrogen-bond donors (Lipinski definition) is 1. The van der Waals surface area contributed by atoms with E-state index in [4.69, 9.17) is 9.47 Å². The summed E-state index contributed by atoms with van der Waals surface area (Å²) < 4.78 is 11.1. The van der Waals surface area contributed by atoms with Gasteiger partial charge in [0, 0.05) is 29.0 Å². The van der Waals surface area contributed by atoms with E-state index in [1.54, 1.807) is 11.8 Å². The van der Waals surface area contributed by atoms with E-state index in [1.165, 1.54) is 11.3 Å². The van der Waals surface area contributed by atoms with Gasteiger partial charge in [0.15, 0.2) is 5.13 Å². The fourth-order valence-corrected chi connectivity index (χ4v) is 5.02. The Labute approximate surface area is 183 Å². The van der Waals surface area contributed by atoms with Crippen molar-refractivity contribution in [2.75, 3.05) is 18.5 Å². The van der Waals surface area contributed by atoms with Crippen LogP contribution in [0.5, 0.6) is 11.5 Å². The molecule has 3 heterocycles. The molecule has 1 N–H and O–H groups in total. The Morgan fingerprint density at radius 1 is 1.16 bits per heavy atom. The monoisotopic (exact) mass is 435 g/mol. The van der Waals surface area contributed by atoms with Crippen molar-refractivity contribution in [2.45, 2.75) is 25.8 Å². The molecule has 0 spiro atoms. The Bertz CT molecular complexity index is 1110. The van der Waals surface area contributed by atoms with Gasteiger partial charge in [0.05, 0.1) is 24.8 Å². The minimum Gasteiger partial charge on any atom is -0.457 e. The first kappa shape index (κ1) is 19.6. The molecule has 5 rings (SSSR count). The molecule has 3 aromatic rings. The zero-order valence-electron chi connectivity index (χ0n) is 17.0. The molecule has 0 radical (unpaired) electrons. The van der Waals surface area contributed by atoms with Crippen LogP contribution >= 0.6 is 11.3 Å². The van der Waals surface area contributed by atoms with Crippen LogP contribution in [0.25, 0.3) is 0 Å². The molecular formula is C23H21N3O4S. The third-order valence-electron chi connectivity index (χ3n) is 5.43. The number of carbonyl (C=O) groups excluding carboxylic acids is 2. The van der Waals surface area contributed by atoms with Gasteiger partial charge in [-0.3, -0.25) is 4.79 Å². The minimum absolute atomic E-state index is 0.156. The quantitative estimate of drug-likeness (QED) is 0.654. The number of thiazole rings is 1. The van der Waals surface area contributed by atoms with E-state index in [0.717, 1.165) is 21.7 Å². The van der Waals surface area contributed by atoms with E-state index in [1.807, 2.05) is 48.5 Å². The Morgan fingerprint density at radius 3 is 2.52 bits per heavy atom. The minimum atomic E-state index is -0.488. The molecule has 0 atom stereocenters. The first-order chi connectivity index (χ1) is 15.1. The summed E-state index contributed by atoms with van der Waals surface area (Å²) in [5, 5.41) is 3.54. The summed E-state index contributed by atoms with van der Waals surface area (Å²) in [4.78, 5) is 32.7. The van der Waals surface area contributed by atoms with Crippen molar-refractivity contribution in [3.63, 3.8) is 0 Å². The van der Waals surface area contributed by atoms with Crippen LogP contribution in [-0.4, -0.2) is 35.0 Å². The Hall–Kier alpha value is -3.39. The number of benzene rings is 2. The van der Waals surface area contributed by atoms with Crippen LogP contribution in [0, 0.1) is 0 Å². The maximum atomic E-state index is 13.4. The smallest absolute Gasteiger partial charge is 0.410 e. The van der Waals surface area contributed by atoms with Crippen LogP contribution in [0.3, 0.4) is 0 Å². The number of nitrogens with zero attached hydrogens (tertiary/aromatic N) is 2. The number of nitrogens with one attached hydrogen (secondary N) is 1. The average molecular weight is 436 g/mol. The van der Waals surface area contributed by atoms with Crippen LogP contribution < -0.4 is 10.1 Å². The Balaban J connectivity index is 1.39. The van der Waals surface area contributed by atoms with Crippen molar-refractivity contribution in [2.24, 2.45) is 0 Å². The number of aromatic nitrogens is 1. The Morgan fingerprint density at radius 2 is 1.84 bits per heavy atom. The second-order valence-corrected chi connectivity index (χ2v) is 8.44. The highest BCUT2D eigenvalue weighted by Gasteiger charge is 2.33. The second-order valence-electron chi connectivity index (χ2n) is 7.36. The highest BCUT2D eigenvalue weighted by Crippen LogP contribution is 2.44. The molecule has 7 nitrogen and oxygen atoms in total. The third kappa shape index (κ3) is 3.63. The van der Waals surface area contributed by atoms with Crippen LogP contribution in [0.15, 0.2) is 48.5 Å². The number of rotatable bonds is 3. The molecular weight excluding hydrogens is 414 g/mol. The zero-order chi connectivity index (χ0) is 21.4. The maximum Gasteiger partial charge on any atom is 0.410 e. The number of fused-ring (bicyclic) bond motifs is 3. The van der Waals surface area contributed by atoms with Crippen LogP contribution in [0.4, 0.5) is 9.93 Å². The lowest BCUT2D eigenvalue weighted by Crippen LogP contribution is -2.35. The number of para-hydroxylation sites is 2. The Kier molecular flexibility index (Phi) is 5.07. The van der Waals surface area contributed by atoms with Gasteiger partial charge < -0.3 is 19.7 Å². The molecule has 2 amide bonds. The van der Waals surface area contributed by atoms with Crippen LogP contribution in [0.1, 0.15) is 34.5 Å². The summed E-state index contributed by atoms with van der Waals surface area (Å²) in [6.45, 7) is 3.15. The molecule has 2 aliphatic heterocycles. The van der Waals surface area contributed by atoms with Gasteiger partial charge in [-0.2, -0.15) is 0 Å². The van der Waals surface area contributed by atoms with Crippen molar-refractivity contribution in [3.05, 3.63) is 70.2 Å². The molecule has 31 heavy (non-hydrogen) atoms. The highest BCUT2D eigenvalue weighted by atomic mass is 32.1. The van der Waals surface area contributed by atoms with Gasteiger partial charge in [-0.05, 0) is 19.1 Å². The predicted octanol–water partition coefficient (Wildman–Crippen LogP) is 4.53. The van der Waals surface area contributed by atoms with E-state index in [0.29, 0.717) is 42.7 Å². The fraction of sp³-hybridized carbons (Fsp3) is 0.261. The van der Waals surface area contributed by atoms with Gasteiger partial charge in [0.1, 0.15) is 11.5 Å². The molecule has 0 saturated heterocycles. The largest absolute Gasteiger partial charge is 0.457 e. The number of ether oxygens (including phenoxy) is 2. The second kappa shape index (κ2) is 8.03. The molecule has 1 aromatic heterocycles. The molecule has 0 unspecified atom stereocenters. The van der Waals surface area contributed by atoms with Gasteiger partial charge >= 0.3 is 6.09 Å². The van der Waals surface area contributed by atoms with Crippen molar-refractivity contribution < 1.29 is 19.1 Å². The van der Waals surface area contributed by atoms with E-state index in [-0.39, 0.29) is 12.0 Å². The van der Waals surface area contributed by atoms with Crippen LogP contribution in [-0.2, 0) is 22.5 Å². The normalized spacial score (nSPS) is 14.7. The van der Waals surface area contributed by atoms with E-state index in [2.05, 4.69) is 10.3 Å². The van der Waals surface area contributed by atoms with E-state index < -0.39 is 5.92 Å². The van der Waals surface area contributed by atoms with Gasteiger partial charge in [0.2, 0.25) is 5.91 Å². The average Bonchev–Trinajstić information content (AvgIpc) is 3.18. The van der Waals surface area contributed by atoms with Gasteiger partial charge in [-0.15, -0.1) is 0 Å². The number of carbonyl (C=O) groups is 2. The molecule has 158 valence electrons. The van der Waals surface area contributed by atoms with Gasteiger partial charge in [0.25, 0.3) is 0 Å². The van der Waals surface area contributed by atoms with Gasteiger partial charge in [-0.1, -0.05) is 47.7 Å². The number of anilines is 1. The molecule has 0 bridgehead atoms. The molecule has 8 heteroatoms. The van der Waals surface area contributed by atoms with Crippen LogP contribution in [0.2, 0.25) is 0 Å². The summed E-state index contributed by atoms with van der Waals surface area (Å²) in [6.07, 6.45) is 0.325. The van der Waals surface area contributed by atoms with Crippen molar-refractivity contribution in [1.29, 1.82) is 0 Å². The first-order valence-corrected chi connectivity index (χ1v) is 11.0. The lowest BCUT2D eigenvalue weighted by Gasteiger charge is -2.27. The summed E-state index contributed by atoms with van der Waals surface area (Å²) in [7, 11) is 0. The van der Waals surface area contributed by atoms with Crippen molar-refractivity contribution in [3.8, 4) is 11.5 Å². The van der Waals surface area contributed by atoms with E-state index in [9.17, 15) is 9.59 Å². The molecule has 0 aliphatic carbocycles. The first-order valence-electron chi connectivity index (χ1n) is 10.2. The van der Waals surface area contributed by atoms with Gasteiger partial charge in [-0.25, -0.2) is 9.78 Å². The standard InChI is InChI=1S/C23H21N3O4S/c1-2-29-23(28)26-12-11-16-19(13-26)31-22(24-16)25-21(27)20-14-7-3-5-9-17(14)30-18-10-6-4-8-15(18)20/h3-10,20H,2,11-13H2,1H3,(H,24,25,27). The topological polar surface area (TPSA) is 80.8 Å². The maximum absolute atomic E-state index is 13.4. The highest BCUT2D eigenvalue weighted by molar-refractivity contribution is 7.15. The molecule has 2 aromatic carbocycles. The molecule has 0 saturated carbocycles.